The first-order valence-electron chi connectivity index (χ1n) is 8.16. The Balaban J connectivity index is 1.41. The lowest BCUT2D eigenvalue weighted by Gasteiger charge is -2.34. The number of benzene rings is 1. The molecule has 0 unspecified atom stereocenters. The van der Waals surface area contributed by atoms with Crippen LogP contribution < -0.4 is 4.90 Å². The van der Waals surface area contributed by atoms with Gasteiger partial charge in [0, 0.05) is 44.1 Å². The predicted octanol–water partition coefficient (Wildman–Crippen LogP) is 2.44. The molecule has 8 heteroatoms. The van der Waals surface area contributed by atoms with E-state index in [4.69, 9.17) is 16.6 Å². The zero-order chi connectivity index (χ0) is 17.1. The molecule has 3 aromatic rings. The Morgan fingerprint density at radius 1 is 1.04 bits per heavy atom. The van der Waals surface area contributed by atoms with Crippen LogP contribution in [0.15, 0.2) is 53.3 Å². The van der Waals surface area contributed by atoms with Gasteiger partial charge in [-0.15, -0.1) is 5.10 Å². The first-order chi connectivity index (χ1) is 12.3. The number of anilines is 1. The fourth-order valence-electron chi connectivity index (χ4n) is 2.86. The molecule has 1 fully saturated rings. The Morgan fingerprint density at radius 3 is 2.56 bits per heavy atom. The van der Waals surface area contributed by atoms with E-state index in [0.717, 1.165) is 37.6 Å². The highest BCUT2D eigenvalue weighted by atomic mass is 32.1. The van der Waals surface area contributed by atoms with Crippen LogP contribution in [-0.2, 0) is 6.67 Å². The van der Waals surface area contributed by atoms with Crippen molar-refractivity contribution in [3.63, 3.8) is 0 Å². The second-order valence-corrected chi connectivity index (χ2v) is 6.20. The molecule has 1 aromatic carbocycles. The molecular weight excluding hydrogens is 336 g/mol. The van der Waals surface area contributed by atoms with Crippen molar-refractivity contribution in [2.24, 2.45) is 0 Å². The van der Waals surface area contributed by atoms with Gasteiger partial charge in [0.2, 0.25) is 5.89 Å². The summed E-state index contributed by atoms with van der Waals surface area (Å²) in [5.74, 6) is 1.48. The van der Waals surface area contributed by atoms with Gasteiger partial charge in [0.05, 0.1) is 12.9 Å². The highest BCUT2D eigenvalue weighted by molar-refractivity contribution is 7.71. The van der Waals surface area contributed by atoms with Crippen molar-refractivity contribution in [3.05, 3.63) is 53.8 Å². The summed E-state index contributed by atoms with van der Waals surface area (Å²) < 4.78 is 7.39. The van der Waals surface area contributed by atoms with Crippen LogP contribution in [0.25, 0.3) is 11.5 Å². The van der Waals surface area contributed by atoms with Crippen LogP contribution in [0.2, 0.25) is 0 Å². The van der Waals surface area contributed by atoms with Crippen molar-refractivity contribution in [1.29, 1.82) is 0 Å². The molecule has 7 nitrogen and oxygen atoms in total. The first-order valence-corrected chi connectivity index (χ1v) is 8.57. The van der Waals surface area contributed by atoms with Crippen molar-refractivity contribution in [2.45, 2.75) is 6.67 Å². The monoisotopic (exact) mass is 354 g/mol. The number of aromatic nitrogens is 4. The highest BCUT2D eigenvalue weighted by Crippen LogP contribution is 2.18. The Morgan fingerprint density at radius 2 is 1.84 bits per heavy atom. The summed E-state index contributed by atoms with van der Waals surface area (Å²) in [4.78, 5) is 13.4. The summed E-state index contributed by atoms with van der Waals surface area (Å²) in [5.41, 5.74) is 0.930. The van der Waals surface area contributed by atoms with E-state index in [2.05, 4.69) is 24.9 Å². The number of hydrogen-bond acceptors (Lipinski definition) is 7. The minimum absolute atomic E-state index is 0.398. The smallest absolute Gasteiger partial charge is 0.288 e. The van der Waals surface area contributed by atoms with E-state index in [9.17, 15) is 0 Å². The van der Waals surface area contributed by atoms with Gasteiger partial charge < -0.3 is 9.32 Å². The number of piperazine rings is 1. The van der Waals surface area contributed by atoms with Gasteiger partial charge in [-0.3, -0.25) is 9.88 Å². The molecule has 0 aliphatic carbocycles. The predicted molar refractivity (Wildman–Crippen MR) is 96.6 cm³/mol. The van der Waals surface area contributed by atoms with Crippen molar-refractivity contribution in [2.75, 3.05) is 31.1 Å². The Kier molecular flexibility index (Phi) is 4.53. The molecule has 128 valence electrons. The van der Waals surface area contributed by atoms with E-state index in [-0.39, 0.29) is 0 Å². The van der Waals surface area contributed by atoms with E-state index < -0.39 is 0 Å². The molecule has 0 spiro atoms. The van der Waals surface area contributed by atoms with Gasteiger partial charge in [-0.1, -0.05) is 18.2 Å². The average molecular weight is 354 g/mol. The zero-order valence-electron chi connectivity index (χ0n) is 13.7. The van der Waals surface area contributed by atoms with Crippen LogP contribution in [0.1, 0.15) is 0 Å². The molecule has 0 amide bonds. The first kappa shape index (κ1) is 15.9. The van der Waals surface area contributed by atoms with Crippen molar-refractivity contribution >= 4 is 18.0 Å². The van der Waals surface area contributed by atoms with Gasteiger partial charge in [-0.05, 0) is 24.4 Å². The summed E-state index contributed by atoms with van der Waals surface area (Å²) in [6, 6.07) is 9.80. The second kappa shape index (κ2) is 7.12. The Labute approximate surface area is 150 Å². The van der Waals surface area contributed by atoms with Crippen molar-refractivity contribution in [1.82, 2.24) is 24.6 Å². The third-order valence-corrected chi connectivity index (χ3v) is 4.50. The Bertz CT molecular complexity index is 871. The van der Waals surface area contributed by atoms with E-state index >= 15 is 0 Å². The molecule has 0 bridgehead atoms. The highest BCUT2D eigenvalue weighted by Gasteiger charge is 2.19. The van der Waals surface area contributed by atoms with Gasteiger partial charge in [-0.25, -0.2) is 9.67 Å². The molecule has 0 atom stereocenters. The van der Waals surface area contributed by atoms with Crippen molar-refractivity contribution < 1.29 is 4.42 Å². The minimum atomic E-state index is 0.398. The van der Waals surface area contributed by atoms with Crippen molar-refractivity contribution in [3.8, 4) is 11.5 Å². The lowest BCUT2D eigenvalue weighted by atomic mass is 10.2. The summed E-state index contributed by atoms with van der Waals surface area (Å²) in [6.45, 7) is 4.24. The molecule has 2 aromatic heterocycles. The molecule has 0 N–H and O–H groups in total. The molecule has 0 radical (unpaired) electrons. The Hall–Kier alpha value is -2.58. The third-order valence-electron chi connectivity index (χ3n) is 4.21. The molecule has 0 saturated carbocycles. The summed E-state index contributed by atoms with van der Waals surface area (Å²) >= 11 is 5.32. The maximum Gasteiger partial charge on any atom is 0.288 e. The molecule has 1 aliphatic rings. The largest absolute Gasteiger partial charge is 0.409 e. The lowest BCUT2D eigenvalue weighted by Crippen LogP contribution is -2.47. The summed E-state index contributed by atoms with van der Waals surface area (Å²) in [7, 11) is 0. The SMILES string of the molecule is S=c1oc(-c2ccccc2)nn1CN1CCN(c2cnccn2)CC1. The number of hydrogen-bond donors (Lipinski definition) is 0. The van der Waals surface area contributed by atoms with E-state index in [0.29, 0.717) is 17.4 Å². The third kappa shape index (κ3) is 3.59. The number of nitrogens with zero attached hydrogens (tertiary/aromatic N) is 6. The molecule has 3 heterocycles. The maximum atomic E-state index is 5.64. The standard InChI is InChI=1S/C17H18N6OS/c25-17-23(20-16(24-17)14-4-2-1-3-5-14)13-21-8-10-22(11-9-21)15-12-18-6-7-19-15/h1-7,12H,8-11,13H2. The van der Waals surface area contributed by atoms with Crippen LogP contribution in [0.3, 0.4) is 0 Å². The molecular formula is C17H18N6OS. The van der Waals surface area contributed by atoms with Gasteiger partial charge in [0.25, 0.3) is 4.84 Å². The topological polar surface area (TPSA) is 63.2 Å². The van der Waals surface area contributed by atoms with Crippen LogP contribution in [0.5, 0.6) is 0 Å². The normalized spacial score (nSPS) is 15.4. The van der Waals surface area contributed by atoms with Crippen LogP contribution >= 0.6 is 12.2 Å². The summed E-state index contributed by atoms with van der Waals surface area (Å²) in [6.07, 6.45) is 5.22. The zero-order valence-corrected chi connectivity index (χ0v) is 14.5. The lowest BCUT2D eigenvalue weighted by molar-refractivity contribution is 0.192. The molecule has 1 aliphatic heterocycles. The van der Waals surface area contributed by atoms with Gasteiger partial charge in [0.1, 0.15) is 5.82 Å². The average Bonchev–Trinajstić information content (AvgIpc) is 3.04. The fourth-order valence-corrected chi connectivity index (χ4v) is 3.03. The van der Waals surface area contributed by atoms with Crippen LogP contribution in [0.4, 0.5) is 5.82 Å². The maximum absolute atomic E-state index is 5.64. The van der Waals surface area contributed by atoms with Gasteiger partial charge in [-0.2, -0.15) is 0 Å². The van der Waals surface area contributed by atoms with E-state index in [1.807, 2.05) is 30.3 Å². The van der Waals surface area contributed by atoms with Crippen LogP contribution in [-0.4, -0.2) is 50.8 Å². The van der Waals surface area contributed by atoms with Crippen LogP contribution in [0, 0.1) is 4.84 Å². The van der Waals surface area contributed by atoms with Gasteiger partial charge >= 0.3 is 0 Å². The minimum Gasteiger partial charge on any atom is -0.409 e. The number of rotatable bonds is 4. The quantitative estimate of drug-likeness (QED) is 0.667. The molecule has 25 heavy (non-hydrogen) atoms. The molecule has 4 rings (SSSR count). The molecule has 1 saturated heterocycles. The van der Waals surface area contributed by atoms with Gasteiger partial charge in [0.15, 0.2) is 0 Å². The summed E-state index contributed by atoms with van der Waals surface area (Å²) in [5, 5.41) is 4.52. The fraction of sp³-hybridized carbons (Fsp3) is 0.294. The second-order valence-electron chi connectivity index (χ2n) is 5.85. The van der Waals surface area contributed by atoms with E-state index in [1.165, 1.54) is 0 Å². The van der Waals surface area contributed by atoms with E-state index in [1.54, 1.807) is 23.3 Å².